The summed E-state index contributed by atoms with van der Waals surface area (Å²) < 4.78 is 10.8. The highest BCUT2D eigenvalue weighted by Gasteiger charge is 2.16. The number of hydrogen-bond donors (Lipinski definition) is 1. The molecular weight excluding hydrogens is 1100 g/mol. The fraction of sp³-hybridized carbons (Fsp3) is 0.741. The number of ether oxygens (including phenoxy) is 2. The van der Waals surface area contributed by atoms with Gasteiger partial charge in [-0.25, -0.2) is 0 Å². The number of carbonyl (C=O) groups excluding carboxylic acids is 2. The number of esters is 2. The Balaban J connectivity index is 3.48. The van der Waals surface area contributed by atoms with Crippen LogP contribution in [0, 0.1) is 0 Å². The van der Waals surface area contributed by atoms with Crippen molar-refractivity contribution in [3.05, 3.63) is 122 Å². The van der Waals surface area contributed by atoms with Gasteiger partial charge in [0, 0.05) is 12.8 Å². The summed E-state index contributed by atoms with van der Waals surface area (Å²) in [5.41, 5.74) is 0. The van der Waals surface area contributed by atoms with Crippen LogP contribution in [0.3, 0.4) is 0 Å². The lowest BCUT2D eigenvalue weighted by atomic mass is 10.0. The van der Waals surface area contributed by atoms with Crippen molar-refractivity contribution in [2.75, 3.05) is 13.2 Å². The van der Waals surface area contributed by atoms with Crippen molar-refractivity contribution < 1.29 is 24.2 Å². The standard InChI is InChI=1S/C85H148O5/c1-3-5-7-9-11-13-15-17-19-21-23-25-27-29-31-33-35-37-39-40-41-42-43-44-46-48-50-52-54-56-58-60-62-64-66-68-70-72-74-76-78-80-85(88)90-83(81-86)82-89-84(87)79-77-75-73-71-69-67-65-63-61-59-57-55-53-51-49-47-45-38-36-34-32-30-28-26-24-22-20-18-16-14-12-10-8-6-4-2/h5,7,11,13,17,19,23,25,29,31,35,37,40-41,43-44,48,50,54,56,83,86H,3-4,6,8-10,12,14-16,18,20-22,24,26-28,30,32-34,36,38-39,42,45-47,49,51-53,55,57-82H2,1-2H3/b7-5-,13-11-,19-17-,25-23-,31-29-,37-35-,41-40-,44-43-,50-48-,56-54-. The zero-order valence-electron chi connectivity index (χ0n) is 59.6. The summed E-state index contributed by atoms with van der Waals surface area (Å²) in [7, 11) is 0. The van der Waals surface area contributed by atoms with Gasteiger partial charge in [-0.05, 0) is 89.9 Å². The molecule has 0 aromatic heterocycles. The number of aliphatic hydroxyl groups is 1. The predicted octanol–water partition coefficient (Wildman–Crippen LogP) is 27.7. The van der Waals surface area contributed by atoms with Crippen LogP contribution < -0.4 is 0 Å². The third kappa shape index (κ3) is 76.8. The molecule has 0 fully saturated rings. The summed E-state index contributed by atoms with van der Waals surface area (Å²) in [6.45, 7) is 4.07. The minimum absolute atomic E-state index is 0.0686. The van der Waals surface area contributed by atoms with Crippen molar-refractivity contribution in [2.24, 2.45) is 0 Å². The van der Waals surface area contributed by atoms with Crippen LogP contribution in [0.4, 0.5) is 0 Å². The van der Waals surface area contributed by atoms with Crippen LogP contribution in [0.15, 0.2) is 122 Å². The molecule has 0 saturated heterocycles. The maximum absolute atomic E-state index is 12.4. The molecule has 0 aliphatic heterocycles. The Morgan fingerprint density at radius 1 is 0.267 bits per heavy atom. The van der Waals surface area contributed by atoms with Crippen molar-refractivity contribution in [2.45, 2.75) is 392 Å². The van der Waals surface area contributed by atoms with Crippen LogP contribution in [-0.2, 0) is 19.1 Å². The molecule has 0 amide bonds. The third-order valence-electron chi connectivity index (χ3n) is 17.3. The Morgan fingerprint density at radius 3 is 0.722 bits per heavy atom. The van der Waals surface area contributed by atoms with E-state index in [1.165, 1.54) is 257 Å². The first-order valence-corrected chi connectivity index (χ1v) is 39.1. The van der Waals surface area contributed by atoms with E-state index in [2.05, 4.69) is 135 Å². The van der Waals surface area contributed by atoms with Gasteiger partial charge in [0.25, 0.3) is 0 Å². The van der Waals surface area contributed by atoms with E-state index in [1.54, 1.807) is 0 Å². The summed E-state index contributed by atoms with van der Waals surface area (Å²) >= 11 is 0. The molecule has 0 rings (SSSR count). The van der Waals surface area contributed by atoms with Gasteiger partial charge in [0.05, 0.1) is 6.61 Å². The fourth-order valence-electron chi connectivity index (χ4n) is 11.5. The van der Waals surface area contributed by atoms with Crippen LogP contribution in [0.2, 0.25) is 0 Å². The second kappa shape index (κ2) is 79.5. The minimum Gasteiger partial charge on any atom is -0.462 e. The van der Waals surface area contributed by atoms with Gasteiger partial charge in [-0.3, -0.25) is 9.59 Å². The van der Waals surface area contributed by atoms with E-state index < -0.39 is 6.10 Å². The number of carbonyl (C=O) groups is 2. The van der Waals surface area contributed by atoms with E-state index in [9.17, 15) is 14.7 Å². The second-order valence-electron chi connectivity index (χ2n) is 26.1. The molecule has 1 unspecified atom stereocenters. The molecule has 0 heterocycles. The Morgan fingerprint density at radius 2 is 0.478 bits per heavy atom. The first-order chi connectivity index (χ1) is 44.6. The molecule has 0 aliphatic carbocycles. The maximum atomic E-state index is 12.4. The Bertz CT molecular complexity index is 1750. The fourth-order valence-corrected chi connectivity index (χ4v) is 11.5. The van der Waals surface area contributed by atoms with Gasteiger partial charge >= 0.3 is 11.9 Å². The Hall–Kier alpha value is -3.70. The molecular formula is C85H148O5. The molecule has 0 radical (unpaired) electrons. The summed E-state index contributed by atoms with van der Waals surface area (Å²) in [6, 6.07) is 0. The number of rotatable bonds is 72. The van der Waals surface area contributed by atoms with Crippen LogP contribution in [0.5, 0.6) is 0 Å². The minimum atomic E-state index is -0.782. The van der Waals surface area contributed by atoms with E-state index in [0.717, 1.165) is 103 Å². The first kappa shape index (κ1) is 86.3. The molecule has 1 N–H and O–H groups in total. The summed E-state index contributed by atoms with van der Waals surface area (Å²) in [5, 5.41) is 9.72. The van der Waals surface area contributed by atoms with Gasteiger partial charge in [0.15, 0.2) is 6.10 Å². The molecule has 0 saturated carbocycles. The van der Waals surface area contributed by atoms with Crippen molar-refractivity contribution in [3.63, 3.8) is 0 Å². The summed E-state index contributed by atoms with van der Waals surface area (Å²) in [5.74, 6) is -0.584. The van der Waals surface area contributed by atoms with Crippen LogP contribution in [0.25, 0.3) is 0 Å². The Kier molecular flexibility index (Phi) is 76.3. The highest BCUT2D eigenvalue weighted by molar-refractivity contribution is 5.70. The number of unbranched alkanes of at least 4 members (excludes halogenated alkanes) is 44. The molecule has 0 aliphatic rings. The number of aliphatic hydroxyl groups excluding tert-OH is 1. The molecule has 5 heteroatoms. The van der Waals surface area contributed by atoms with Gasteiger partial charge in [-0.1, -0.05) is 405 Å². The van der Waals surface area contributed by atoms with Crippen molar-refractivity contribution in [3.8, 4) is 0 Å². The third-order valence-corrected chi connectivity index (χ3v) is 17.3. The monoisotopic (exact) mass is 1250 g/mol. The van der Waals surface area contributed by atoms with Gasteiger partial charge in [0.1, 0.15) is 6.61 Å². The van der Waals surface area contributed by atoms with E-state index >= 15 is 0 Å². The molecule has 0 spiro atoms. The van der Waals surface area contributed by atoms with E-state index in [4.69, 9.17) is 9.47 Å². The number of allylic oxidation sites excluding steroid dienone is 20. The van der Waals surface area contributed by atoms with Crippen LogP contribution in [0.1, 0.15) is 386 Å². The molecule has 0 aromatic carbocycles. The molecule has 1 atom stereocenters. The lowest BCUT2D eigenvalue weighted by Crippen LogP contribution is -2.28. The van der Waals surface area contributed by atoms with Gasteiger partial charge in [0.2, 0.25) is 0 Å². The highest BCUT2D eigenvalue weighted by atomic mass is 16.6. The molecule has 0 aromatic rings. The average molecular weight is 1250 g/mol. The molecule has 0 bridgehead atoms. The van der Waals surface area contributed by atoms with Gasteiger partial charge in [-0.15, -0.1) is 0 Å². The van der Waals surface area contributed by atoms with Crippen LogP contribution >= 0.6 is 0 Å². The van der Waals surface area contributed by atoms with Gasteiger partial charge in [-0.2, -0.15) is 0 Å². The average Bonchev–Trinajstić information content (AvgIpc) is 3.60. The molecule has 518 valence electrons. The van der Waals surface area contributed by atoms with Crippen LogP contribution in [-0.4, -0.2) is 36.4 Å². The largest absolute Gasteiger partial charge is 0.462 e. The van der Waals surface area contributed by atoms with Crippen molar-refractivity contribution in [1.82, 2.24) is 0 Å². The molecule has 90 heavy (non-hydrogen) atoms. The van der Waals surface area contributed by atoms with Gasteiger partial charge < -0.3 is 14.6 Å². The first-order valence-electron chi connectivity index (χ1n) is 39.1. The van der Waals surface area contributed by atoms with E-state index in [-0.39, 0.29) is 25.2 Å². The summed E-state index contributed by atoms with van der Waals surface area (Å²) in [4.78, 5) is 24.7. The van der Waals surface area contributed by atoms with E-state index in [0.29, 0.717) is 12.8 Å². The lowest BCUT2D eigenvalue weighted by molar-refractivity contribution is -0.161. The summed E-state index contributed by atoms with van der Waals surface area (Å²) in [6.07, 6.45) is 117. The number of hydrogen-bond acceptors (Lipinski definition) is 5. The van der Waals surface area contributed by atoms with Crippen molar-refractivity contribution in [1.29, 1.82) is 0 Å². The zero-order valence-corrected chi connectivity index (χ0v) is 59.6. The normalized spacial score (nSPS) is 12.9. The molecule has 5 nitrogen and oxygen atoms in total. The predicted molar refractivity (Wildman–Crippen MR) is 398 cm³/mol. The smallest absolute Gasteiger partial charge is 0.306 e. The highest BCUT2D eigenvalue weighted by Crippen LogP contribution is 2.19. The maximum Gasteiger partial charge on any atom is 0.306 e. The second-order valence-corrected chi connectivity index (χ2v) is 26.1. The zero-order chi connectivity index (χ0) is 64.7. The lowest BCUT2D eigenvalue weighted by Gasteiger charge is -2.15. The topological polar surface area (TPSA) is 72.8 Å². The SMILES string of the molecule is CC/C=C\C/C=C\C/C=C\C/C=C\C/C=C\C/C=C\C/C=C\C/C=C\C/C=C\C/C=C\CCCCCCCCCCCCC(=O)OC(CO)COC(=O)CCCCCCCCCCCCCCCCCCCCCCCCCCCCCCCCCCCCC. The van der Waals surface area contributed by atoms with E-state index in [1.807, 2.05) is 0 Å². The quantitative estimate of drug-likeness (QED) is 0.0373. The van der Waals surface area contributed by atoms with Crippen molar-refractivity contribution >= 4 is 11.9 Å². The Labute approximate surface area is 560 Å².